The van der Waals surface area contributed by atoms with Crippen LogP contribution in [-0.2, 0) is 9.53 Å². The normalized spacial score (nSPS) is 14.9. The van der Waals surface area contributed by atoms with Crippen LogP contribution >= 0.6 is 0 Å². The van der Waals surface area contributed by atoms with E-state index >= 15 is 0 Å². The second-order valence-corrected chi connectivity index (χ2v) is 6.99. The Morgan fingerprint density at radius 2 is 1.93 bits per heavy atom. The van der Waals surface area contributed by atoms with Gasteiger partial charge in [-0.3, -0.25) is 0 Å². The molecule has 1 N–H and O–H groups in total. The summed E-state index contributed by atoms with van der Waals surface area (Å²) in [6.45, 7) is 6.36. The summed E-state index contributed by atoms with van der Waals surface area (Å²) in [5, 5.41) is 3.53. The zero-order chi connectivity index (χ0) is 19.4. The molecule has 0 spiro atoms. The van der Waals surface area contributed by atoms with Crippen molar-refractivity contribution in [1.82, 2.24) is 0 Å². The molecule has 0 saturated heterocycles. The molecule has 27 heavy (non-hydrogen) atoms. The van der Waals surface area contributed by atoms with E-state index in [-0.39, 0.29) is 11.5 Å². The Balaban J connectivity index is 2.05. The van der Waals surface area contributed by atoms with Crippen molar-refractivity contribution in [2.45, 2.75) is 26.3 Å². The van der Waals surface area contributed by atoms with Gasteiger partial charge in [0.2, 0.25) is 0 Å². The molecule has 0 unspecified atom stereocenters. The smallest absolute Gasteiger partial charge is 0.330 e. The van der Waals surface area contributed by atoms with Gasteiger partial charge in [-0.25, -0.2) is 4.79 Å². The van der Waals surface area contributed by atoms with Crippen molar-refractivity contribution in [3.63, 3.8) is 0 Å². The van der Waals surface area contributed by atoms with Crippen LogP contribution in [0.1, 0.15) is 26.3 Å². The molecule has 140 valence electrons. The Kier molecular flexibility index (Phi) is 5.36. The number of nitrogens with one attached hydrogen (secondary N) is 1. The Morgan fingerprint density at radius 3 is 2.67 bits per heavy atom. The molecule has 4 heteroatoms. The minimum Gasteiger partial charge on any atom is -0.496 e. The number of ether oxygens (including phenoxy) is 2. The van der Waals surface area contributed by atoms with E-state index in [2.05, 4.69) is 43.4 Å². The average Bonchev–Trinajstić information content (AvgIpc) is 2.65. The summed E-state index contributed by atoms with van der Waals surface area (Å²) in [6.07, 6.45) is 5.43. The van der Waals surface area contributed by atoms with Crippen LogP contribution in [0.2, 0.25) is 0 Å². The Bertz CT molecular complexity index is 910. The van der Waals surface area contributed by atoms with Crippen molar-refractivity contribution in [2.75, 3.05) is 19.0 Å². The fourth-order valence-corrected chi connectivity index (χ4v) is 3.28. The maximum absolute atomic E-state index is 11.8. The number of rotatable bonds is 5. The van der Waals surface area contributed by atoms with Crippen molar-refractivity contribution >= 4 is 17.2 Å². The first-order valence-electron chi connectivity index (χ1n) is 9.07. The molecule has 2 aromatic rings. The molecular weight excluding hydrogens is 338 g/mol. The molecule has 0 saturated carbocycles. The fraction of sp³-hybridized carbons (Fsp3) is 0.261. The monoisotopic (exact) mass is 363 g/mol. The highest BCUT2D eigenvalue weighted by Crippen LogP contribution is 2.39. The highest BCUT2D eigenvalue weighted by molar-refractivity contribution is 5.93. The van der Waals surface area contributed by atoms with Crippen LogP contribution in [0.3, 0.4) is 0 Å². The van der Waals surface area contributed by atoms with Gasteiger partial charge in [0.25, 0.3) is 0 Å². The zero-order valence-electron chi connectivity index (χ0n) is 16.2. The lowest BCUT2D eigenvalue weighted by Gasteiger charge is -2.32. The van der Waals surface area contributed by atoms with E-state index in [1.807, 2.05) is 30.3 Å². The minimum absolute atomic E-state index is 0.215. The molecule has 0 aliphatic carbocycles. The summed E-state index contributed by atoms with van der Waals surface area (Å²) in [5.74, 6) is 0.492. The summed E-state index contributed by atoms with van der Waals surface area (Å²) in [6, 6.07) is 14.2. The third kappa shape index (κ3) is 4.22. The highest BCUT2D eigenvalue weighted by Gasteiger charge is 2.24. The summed E-state index contributed by atoms with van der Waals surface area (Å²) in [7, 11) is 1.68. The van der Waals surface area contributed by atoms with Crippen molar-refractivity contribution in [1.29, 1.82) is 0 Å². The predicted octanol–water partition coefficient (Wildman–Crippen LogP) is 5.07. The van der Waals surface area contributed by atoms with Crippen molar-refractivity contribution < 1.29 is 14.3 Å². The van der Waals surface area contributed by atoms with Gasteiger partial charge in [-0.2, -0.15) is 0 Å². The minimum atomic E-state index is -0.336. The number of carbonyl (C=O) groups excluding carboxylic acids is 1. The number of para-hydroxylation sites is 1. The van der Waals surface area contributed by atoms with Crippen molar-refractivity contribution in [3.05, 3.63) is 66.3 Å². The van der Waals surface area contributed by atoms with Gasteiger partial charge in [-0.05, 0) is 56.2 Å². The fourth-order valence-electron chi connectivity index (χ4n) is 3.28. The van der Waals surface area contributed by atoms with E-state index in [0.29, 0.717) is 6.61 Å². The van der Waals surface area contributed by atoms with E-state index in [1.54, 1.807) is 14.0 Å². The van der Waals surface area contributed by atoms with Crippen LogP contribution < -0.4 is 10.1 Å². The number of carbonyl (C=O) groups is 1. The largest absolute Gasteiger partial charge is 0.496 e. The average molecular weight is 363 g/mol. The second kappa shape index (κ2) is 7.70. The number of benzene rings is 2. The number of hydrogen-bond acceptors (Lipinski definition) is 4. The zero-order valence-corrected chi connectivity index (χ0v) is 16.2. The van der Waals surface area contributed by atoms with Crippen LogP contribution in [-0.4, -0.2) is 25.2 Å². The third-order valence-corrected chi connectivity index (χ3v) is 4.41. The van der Waals surface area contributed by atoms with Crippen LogP contribution in [0.25, 0.3) is 16.7 Å². The van der Waals surface area contributed by atoms with E-state index in [1.165, 1.54) is 6.08 Å². The molecule has 1 aliphatic heterocycles. The van der Waals surface area contributed by atoms with Crippen LogP contribution in [0.4, 0.5) is 5.69 Å². The van der Waals surface area contributed by atoms with E-state index in [9.17, 15) is 4.79 Å². The number of anilines is 1. The van der Waals surface area contributed by atoms with Gasteiger partial charge in [0.15, 0.2) is 0 Å². The molecule has 1 aliphatic rings. The Hall–Kier alpha value is -3.01. The van der Waals surface area contributed by atoms with E-state index in [0.717, 1.165) is 33.7 Å². The van der Waals surface area contributed by atoms with E-state index < -0.39 is 0 Å². The Morgan fingerprint density at radius 1 is 1.15 bits per heavy atom. The Labute approximate surface area is 160 Å². The molecule has 4 nitrogen and oxygen atoms in total. The van der Waals surface area contributed by atoms with Gasteiger partial charge >= 0.3 is 5.97 Å². The van der Waals surface area contributed by atoms with Gasteiger partial charge in [0.05, 0.1) is 19.3 Å². The van der Waals surface area contributed by atoms with Gasteiger partial charge in [-0.15, -0.1) is 0 Å². The molecule has 0 atom stereocenters. The number of fused-ring (bicyclic) bond motifs is 1. The van der Waals surface area contributed by atoms with E-state index in [4.69, 9.17) is 9.47 Å². The lowest BCUT2D eigenvalue weighted by Crippen LogP contribution is -2.31. The standard InChI is InChI=1S/C23H25NO3/c1-5-27-22(25)13-11-17-15-23(2,3)24-20-12-10-16(14-19(17)20)18-8-6-7-9-21(18)26-4/h6-15,24H,5H2,1-4H3/b13-11+. The molecule has 0 amide bonds. The number of esters is 1. The number of methoxy groups -OCH3 is 1. The number of allylic oxidation sites excluding steroid dienone is 2. The quantitative estimate of drug-likeness (QED) is 0.595. The molecule has 3 rings (SSSR count). The molecule has 0 aromatic heterocycles. The van der Waals surface area contributed by atoms with Gasteiger partial charge < -0.3 is 14.8 Å². The lowest BCUT2D eigenvalue weighted by molar-refractivity contribution is -0.137. The van der Waals surface area contributed by atoms with Crippen LogP contribution in [0.5, 0.6) is 5.75 Å². The first-order valence-corrected chi connectivity index (χ1v) is 9.07. The van der Waals surface area contributed by atoms with Crippen LogP contribution in [0.15, 0.2) is 60.7 Å². The lowest BCUT2D eigenvalue weighted by atomic mass is 9.88. The molecule has 0 radical (unpaired) electrons. The van der Waals surface area contributed by atoms with Crippen molar-refractivity contribution in [3.8, 4) is 16.9 Å². The molecule has 2 aromatic carbocycles. The molecule has 0 bridgehead atoms. The topological polar surface area (TPSA) is 47.6 Å². The second-order valence-electron chi connectivity index (χ2n) is 6.99. The van der Waals surface area contributed by atoms with Gasteiger partial charge in [0, 0.05) is 22.9 Å². The maximum atomic E-state index is 11.8. The molecule has 0 fully saturated rings. The highest BCUT2D eigenvalue weighted by atomic mass is 16.5. The SMILES string of the molecule is CCOC(=O)/C=C/C1=CC(C)(C)Nc2ccc(-c3ccccc3OC)cc21. The summed E-state index contributed by atoms with van der Waals surface area (Å²) >= 11 is 0. The number of hydrogen-bond donors (Lipinski definition) is 1. The first kappa shape index (κ1) is 18.8. The third-order valence-electron chi connectivity index (χ3n) is 4.41. The summed E-state index contributed by atoms with van der Waals surface area (Å²) in [4.78, 5) is 11.8. The van der Waals surface area contributed by atoms with Crippen molar-refractivity contribution in [2.24, 2.45) is 0 Å². The first-order chi connectivity index (χ1) is 12.9. The summed E-state index contributed by atoms with van der Waals surface area (Å²) in [5.41, 5.74) is 4.93. The summed E-state index contributed by atoms with van der Waals surface area (Å²) < 4.78 is 10.5. The molecule has 1 heterocycles. The predicted molar refractivity (Wildman–Crippen MR) is 110 cm³/mol. The molecular formula is C23H25NO3. The van der Waals surface area contributed by atoms with Gasteiger partial charge in [0.1, 0.15) is 5.75 Å². The maximum Gasteiger partial charge on any atom is 0.330 e. The van der Waals surface area contributed by atoms with Crippen LogP contribution in [0, 0.1) is 0 Å². The van der Waals surface area contributed by atoms with Gasteiger partial charge in [-0.1, -0.05) is 30.3 Å².